The minimum atomic E-state index is -0.0158. The van der Waals surface area contributed by atoms with Gasteiger partial charge in [-0.05, 0) is 37.2 Å². The molecule has 2 rings (SSSR count). The van der Waals surface area contributed by atoms with Gasteiger partial charge in [-0.25, -0.2) is 0 Å². The van der Waals surface area contributed by atoms with Crippen LogP contribution < -0.4 is 20.1 Å². The van der Waals surface area contributed by atoms with Gasteiger partial charge >= 0.3 is 0 Å². The molecule has 0 unspecified atom stereocenters. The number of hydrogen-bond donors (Lipinski definition) is 2. The lowest BCUT2D eigenvalue weighted by molar-refractivity contribution is -0.120. The first-order valence-electron chi connectivity index (χ1n) is 5.98. The number of nitrogens with one attached hydrogen (secondary N) is 2. The molecule has 0 atom stereocenters. The lowest BCUT2D eigenvalue weighted by Gasteiger charge is -2.12. The molecule has 6 heteroatoms. The largest absolute Gasteiger partial charge is 0.493 e. The number of carbonyl (C=O) groups excluding carboxylic acids is 1. The second kappa shape index (κ2) is 5.88. The summed E-state index contributed by atoms with van der Waals surface area (Å²) in [4.78, 5) is 11.5. The molecule has 1 fully saturated rings. The number of ether oxygens (including phenoxy) is 2. The summed E-state index contributed by atoms with van der Waals surface area (Å²) < 4.78 is 10.3. The Morgan fingerprint density at radius 2 is 1.95 bits per heavy atom. The van der Waals surface area contributed by atoms with E-state index in [1.165, 1.54) is 0 Å². The molecule has 0 heterocycles. The van der Waals surface area contributed by atoms with Gasteiger partial charge in [-0.3, -0.25) is 4.79 Å². The maximum absolute atomic E-state index is 11.5. The van der Waals surface area contributed by atoms with Crippen molar-refractivity contribution in [3.05, 3.63) is 18.2 Å². The van der Waals surface area contributed by atoms with Crippen LogP contribution in [-0.2, 0) is 4.79 Å². The summed E-state index contributed by atoms with van der Waals surface area (Å²) in [5, 5.41) is 5.91. The lowest BCUT2D eigenvalue weighted by Crippen LogP contribution is -2.35. The molecule has 0 aromatic heterocycles. The molecule has 1 aliphatic carbocycles. The first kappa shape index (κ1) is 13.6. The molecule has 5 nitrogen and oxygen atoms in total. The zero-order chi connectivity index (χ0) is 13.8. The van der Waals surface area contributed by atoms with Gasteiger partial charge in [0.25, 0.3) is 0 Å². The van der Waals surface area contributed by atoms with Crippen LogP contribution in [0.3, 0.4) is 0 Å². The molecule has 1 aliphatic rings. The van der Waals surface area contributed by atoms with Crippen molar-refractivity contribution in [1.82, 2.24) is 5.32 Å². The average molecular weight is 280 g/mol. The van der Waals surface area contributed by atoms with E-state index in [2.05, 4.69) is 10.6 Å². The predicted octanol–water partition coefficient (Wildman–Crippen LogP) is 1.93. The fourth-order valence-corrected chi connectivity index (χ4v) is 1.85. The van der Waals surface area contributed by atoms with Crippen LogP contribution >= 0.6 is 12.2 Å². The van der Waals surface area contributed by atoms with Crippen LogP contribution in [0.5, 0.6) is 11.5 Å². The minimum absolute atomic E-state index is 0.0158. The van der Waals surface area contributed by atoms with Gasteiger partial charge in [0, 0.05) is 17.7 Å². The Morgan fingerprint density at radius 1 is 1.26 bits per heavy atom. The van der Waals surface area contributed by atoms with Gasteiger partial charge in [-0.1, -0.05) is 0 Å². The van der Waals surface area contributed by atoms with Crippen LogP contribution in [0.1, 0.15) is 12.8 Å². The highest BCUT2D eigenvalue weighted by Gasteiger charge is 2.30. The maximum atomic E-state index is 11.5. The summed E-state index contributed by atoms with van der Waals surface area (Å²) in [7, 11) is 3.14. The number of amides is 1. The molecule has 1 saturated carbocycles. The molecule has 1 amide bonds. The lowest BCUT2D eigenvalue weighted by atomic mass is 10.3. The number of anilines is 1. The van der Waals surface area contributed by atoms with Crippen molar-refractivity contribution >= 4 is 28.9 Å². The van der Waals surface area contributed by atoms with Crippen molar-refractivity contribution in [3.8, 4) is 11.5 Å². The van der Waals surface area contributed by atoms with Gasteiger partial charge in [0.1, 0.15) is 0 Å². The van der Waals surface area contributed by atoms with Crippen LogP contribution in [0.15, 0.2) is 18.2 Å². The average Bonchev–Trinajstić information content (AvgIpc) is 3.22. The molecule has 0 aliphatic heterocycles. The van der Waals surface area contributed by atoms with E-state index < -0.39 is 0 Å². The van der Waals surface area contributed by atoms with E-state index in [0.29, 0.717) is 16.6 Å². The second-order valence-corrected chi connectivity index (χ2v) is 4.70. The molecule has 1 aromatic rings. The Kier molecular flexibility index (Phi) is 4.21. The van der Waals surface area contributed by atoms with Gasteiger partial charge in [0.2, 0.25) is 5.91 Å². The summed E-state index contributed by atoms with van der Waals surface area (Å²) in [5.41, 5.74) is 0.735. The zero-order valence-corrected chi connectivity index (χ0v) is 11.7. The highest BCUT2D eigenvalue weighted by atomic mass is 32.1. The van der Waals surface area contributed by atoms with Crippen molar-refractivity contribution in [1.29, 1.82) is 0 Å². The standard InChI is InChI=1S/C13H16N2O3S/c1-17-10-6-5-9(7-11(10)18-2)14-13(19)15-12(16)8-3-4-8/h5-8H,3-4H2,1-2H3,(H2,14,15,16,19). The monoisotopic (exact) mass is 280 g/mol. The predicted molar refractivity (Wildman–Crippen MR) is 76.6 cm³/mol. The highest BCUT2D eigenvalue weighted by Crippen LogP contribution is 2.30. The van der Waals surface area contributed by atoms with E-state index in [9.17, 15) is 4.79 Å². The minimum Gasteiger partial charge on any atom is -0.493 e. The molecule has 102 valence electrons. The molecular weight excluding hydrogens is 264 g/mol. The number of carbonyl (C=O) groups is 1. The number of rotatable bonds is 4. The first-order chi connectivity index (χ1) is 9.13. The number of hydrogen-bond acceptors (Lipinski definition) is 4. The van der Waals surface area contributed by atoms with Crippen LogP contribution in [0.4, 0.5) is 5.69 Å². The Morgan fingerprint density at radius 3 is 2.53 bits per heavy atom. The van der Waals surface area contributed by atoms with Crippen molar-refractivity contribution in [2.75, 3.05) is 19.5 Å². The Labute approximate surface area is 117 Å². The summed E-state index contributed by atoms with van der Waals surface area (Å²) in [6, 6.07) is 5.33. The molecule has 0 radical (unpaired) electrons. The molecule has 0 spiro atoms. The highest BCUT2D eigenvalue weighted by molar-refractivity contribution is 7.80. The van der Waals surface area contributed by atoms with Crippen molar-refractivity contribution < 1.29 is 14.3 Å². The smallest absolute Gasteiger partial charge is 0.229 e. The first-order valence-corrected chi connectivity index (χ1v) is 6.38. The molecule has 19 heavy (non-hydrogen) atoms. The quantitative estimate of drug-likeness (QED) is 0.825. The fraction of sp³-hybridized carbons (Fsp3) is 0.385. The summed E-state index contributed by atoms with van der Waals surface area (Å²) in [5.74, 6) is 1.35. The third-order valence-corrected chi connectivity index (χ3v) is 3.03. The van der Waals surface area contributed by atoms with E-state index in [-0.39, 0.29) is 11.8 Å². The SMILES string of the molecule is COc1ccc(NC(=S)NC(=O)C2CC2)cc1OC. The summed E-state index contributed by atoms with van der Waals surface area (Å²) >= 11 is 5.08. The number of methoxy groups -OCH3 is 2. The van der Waals surface area contributed by atoms with Gasteiger partial charge in [0.15, 0.2) is 16.6 Å². The van der Waals surface area contributed by atoms with E-state index in [0.717, 1.165) is 18.5 Å². The van der Waals surface area contributed by atoms with E-state index in [4.69, 9.17) is 21.7 Å². The molecule has 0 saturated heterocycles. The van der Waals surface area contributed by atoms with E-state index >= 15 is 0 Å². The molecule has 2 N–H and O–H groups in total. The summed E-state index contributed by atoms with van der Waals surface area (Å²) in [6.07, 6.45) is 1.90. The van der Waals surface area contributed by atoms with Crippen LogP contribution in [0.25, 0.3) is 0 Å². The van der Waals surface area contributed by atoms with Gasteiger partial charge in [0.05, 0.1) is 14.2 Å². The van der Waals surface area contributed by atoms with Crippen molar-refractivity contribution in [3.63, 3.8) is 0 Å². The third kappa shape index (κ3) is 3.57. The van der Waals surface area contributed by atoms with Crippen molar-refractivity contribution in [2.45, 2.75) is 12.8 Å². The Balaban J connectivity index is 1.97. The van der Waals surface area contributed by atoms with Gasteiger partial charge in [-0.2, -0.15) is 0 Å². The van der Waals surface area contributed by atoms with Gasteiger partial charge in [-0.15, -0.1) is 0 Å². The molecule has 0 bridgehead atoms. The maximum Gasteiger partial charge on any atom is 0.229 e. The van der Waals surface area contributed by atoms with Crippen LogP contribution in [-0.4, -0.2) is 25.2 Å². The van der Waals surface area contributed by atoms with Gasteiger partial charge < -0.3 is 20.1 Å². The second-order valence-electron chi connectivity index (χ2n) is 4.29. The summed E-state index contributed by atoms with van der Waals surface area (Å²) in [6.45, 7) is 0. The molecular formula is C13H16N2O3S. The zero-order valence-electron chi connectivity index (χ0n) is 10.9. The van der Waals surface area contributed by atoms with E-state index in [1.807, 2.05) is 0 Å². The third-order valence-electron chi connectivity index (χ3n) is 2.83. The number of thiocarbonyl (C=S) groups is 1. The topological polar surface area (TPSA) is 59.6 Å². The molecule has 1 aromatic carbocycles. The number of benzene rings is 1. The van der Waals surface area contributed by atoms with E-state index in [1.54, 1.807) is 32.4 Å². The van der Waals surface area contributed by atoms with Crippen LogP contribution in [0, 0.1) is 5.92 Å². The Bertz CT molecular complexity index is 501. The van der Waals surface area contributed by atoms with Crippen LogP contribution in [0.2, 0.25) is 0 Å². The normalized spacial score (nSPS) is 13.6. The fourth-order valence-electron chi connectivity index (χ4n) is 1.64. The Hall–Kier alpha value is -1.82. The van der Waals surface area contributed by atoms with Crippen molar-refractivity contribution in [2.24, 2.45) is 5.92 Å².